The molecule has 1 aliphatic rings. The summed E-state index contributed by atoms with van der Waals surface area (Å²) in [7, 11) is 0. The lowest BCUT2D eigenvalue weighted by Gasteiger charge is -2.05. The molecule has 0 aromatic heterocycles. The number of aryl methyl sites for hydroxylation is 1. The van der Waals surface area contributed by atoms with Crippen LogP contribution in [0.15, 0.2) is 29.4 Å². The molecule has 0 saturated heterocycles. The maximum absolute atomic E-state index is 9.91. The summed E-state index contributed by atoms with van der Waals surface area (Å²) in [4.78, 5) is 9.91. The second-order valence-corrected chi connectivity index (χ2v) is 3.92. The molecule has 0 amide bonds. The van der Waals surface area contributed by atoms with E-state index in [2.05, 4.69) is 17.3 Å². The van der Waals surface area contributed by atoms with Crippen LogP contribution < -0.4 is 4.74 Å². The van der Waals surface area contributed by atoms with Gasteiger partial charge < -0.3 is 4.74 Å². The van der Waals surface area contributed by atoms with Gasteiger partial charge in [0.1, 0.15) is 5.75 Å². The van der Waals surface area contributed by atoms with Gasteiger partial charge in [0.25, 0.3) is 0 Å². The van der Waals surface area contributed by atoms with Crippen LogP contribution >= 0.6 is 0 Å². The second-order valence-electron chi connectivity index (χ2n) is 3.92. The van der Waals surface area contributed by atoms with E-state index in [1.807, 2.05) is 12.1 Å². The van der Waals surface area contributed by atoms with Gasteiger partial charge in [-0.2, -0.15) is 4.91 Å². The molecule has 0 N–H and O–H groups in total. The van der Waals surface area contributed by atoms with Crippen molar-refractivity contribution < 1.29 is 4.74 Å². The molecule has 1 aromatic rings. The molecular formula is C12H15NO2. The topological polar surface area (TPSA) is 38.7 Å². The predicted molar refractivity (Wildman–Crippen MR) is 59.1 cm³/mol. The maximum Gasteiger partial charge on any atom is 0.119 e. The predicted octanol–water partition coefficient (Wildman–Crippen LogP) is 2.93. The Kier molecular flexibility index (Phi) is 3.33. The fourth-order valence-electron chi connectivity index (χ4n) is 1.46. The fourth-order valence-corrected chi connectivity index (χ4v) is 1.46. The molecular weight excluding hydrogens is 190 g/mol. The van der Waals surface area contributed by atoms with Crippen molar-refractivity contribution in [2.24, 2.45) is 5.18 Å². The largest absolute Gasteiger partial charge is 0.490 e. The van der Waals surface area contributed by atoms with Crippen molar-refractivity contribution in [2.45, 2.75) is 31.8 Å². The van der Waals surface area contributed by atoms with Gasteiger partial charge in [0.05, 0.1) is 12.6 Å². The van der Waals surface area contributed by atoms with Crippen LogP contribution in [0.1, 0.15) is 24.8 Å². The Labute approximate surface area is 89.4 Å². The number of nitroso groups, excluding NO2 is 1. The average molecular weight is 205 g/mol. The van der Waals surface area contributed by atoms with E-state index >= 15 is 0 Å². The minimum Gasteiger partial charge on any atom is -0.490 e. The minimum atomic E-state index is 0.403. The van der Waals surface area contributed by atoms with Gasteiger partial charge in [0.2, 0.25) is 0 Å². The van der Waals surface area contributed by atoms with Gasteiger partial charge in [-0.15, -0.1) is 0 Å². The summed E-state index contributed by atoms with van der Waals surface area (Å²) < 4.78 is 5.64. The Morgan fingerprint density at radius 3 is 2.60 bits per heavy atom. The van der Waals surface area contributed by atoms with Gasteiger partial charge in [-0.25, -0.2) is 0 Å². The summed E-state index contributed by atoms with van der Waals surface area (Å²) in [5, 5.41) is 2.84. The van der Waals surface area contributed by atoms with Gasteiger partial charge >= 0.3 is 0 Å². The zero-order chi connectivity index (χ0) is 10.5. The van der Waals surface area contributed by atoms with E-state index < -0.39 is 0 Å². The fraction of sp³-hybridized carbons (Fsp3) is 0.500. The van der Waals surface area contributed by atoms with Crippen LogP contribution in [0, 0.1) is 4.91 Å². The van der Waals surface area contributed by atoms with Gasteiger partial charge in [0, 0.05) is 0 Å². The number of ether oxygens (including phenoxy) is 1. The summed E-state index contributed by atoms with van der Waals surface area (Å²) in [6.07, 6.45) is 4.57. The average Bonchev–Trinajstić information content (AvgIpc) is 3.05. The number of hydrogen-bond acceptors (Lipinski definition) is 3. The highest BCUT2D eigenvalue weighted by molar-refractivity contribution is 5.27. The Balaban J connectivity index is 1.82. The van der Waals surface area contributed by atoms with Gasteiger partial charge in [0.15, 0.2) is 0 Å². The van der Waals surface area contributed by atoms with Crippen molar-refractivity contribution in [3.8, 4) is 5.75 Å². The molecule has 0 bridgehead atoms. The quantitative estimate of drug-likeness (QED) is 0.529. The molecule has 1 aliphatic carbocycles. The maximum atomic E-state index is 9.91. The first-order valence-electron chi connectivity index (χ1n) is 5.43. The van der Waals surface area contributed by atoms with Crippen molar-refractivity contribution >= 4 is 0 Å². The SMILES string of the molecule is O=NCCCc1ccc(OC2CC2)cc1. The molecule has 15 heavy (non-hydrogen) atoms. The highest BCUT2D eigenvalue weighted by Gasteiger charge is 2.23. The molecule has 0 heterocycles. The van der Waals surface area contributed by atoms with E-state index in [1.54, 1.807) is 0 Å². The zero-order valence-electron chi connectivity index (χ0n) is 8.69. The van der Waals surface area contributed by atoms with Crippen LogP contribution in [0.4, 0.5) is 0 Å². The number of rotatable bonds is 6. The standard InChI is InChI=1S/C12H15NO2/c14-13-9-1-2-10-3-5-11(6-4-10)15-12-7-8-12/h3-6,12H,1-2,7-9H2. The molecule has 0 unspecified atom stereocenters. The molecule has 1 saturated carbocycles. The van der Waals surface area contributed by atoms with Gasteiger partial charge in [-0.05, 0) is 43.4 Å². The molecule has 1 aromatic carbocycles. The molecule has 0 atom stereocenters. The molecule has 1 fully saturated rings. The monoisotopic (exact) mass is 205 g/mol. The first-order valence-corrected chi connectivity index (χ1v) is 5.43. The summed E-state index contributed by atoms with van der Waals surface area (Å²) in [5.41, 5.74) is 1.24. The third-order valence-corrected chi connectivity index (χ3v) is 2.47. The van der Waals surface area contributed by atoms with E-state index in [4.69, 9.17) is 4.74 Å². The first-order chi connectivity index (χ1) is 7.38. The van der Waals surface area contributed by atoms with Crippen molar-refractivity contribution in [1.29, 1.82) is 0 Å². The Morgan fingerprint density at radius 2 is 2.00 bits per heavy atom. The lowest BCUT2D eigenvalue weighted by Crippen LogP contribution is -1.96. The Bertz CT molecular complexity index is 317. The summed E-state index contributed by atoms with van der Waals surface area (Å²) in [6, 6.07) is 8.12. The molecule has 80 valence electrons. The first kappa shape index (κ1) is 10.1. The zero-order valence-corrected chi connectivity index (χ0v) is 8.69. The van der Waals surface area contributed by atoms with Crippen LogP contribution in [0.25, 0.3) is 0 Å². The van der Waals surface area contributed by atoms with E-state index in [0.717, 1.165) is 18.6 Å². The van der Waals surface area contributed by atoms with E-state index in [0.29, 0.717) is 12.6 Å². The number of nitrogens with zero attached hydrogens (tertiary/aromatic N) is 1. The number of hydrogen-bond donors (Lipinski definition) is 0. The normalized spacial score (nSPS) is 14.9. The van der Waals surface area contributed by atoms with E-state index in [-0.39, 0.29) is 0 Å². The molecule has 2 rings (SSSR count). The highest BCUT2D eigenvalue weighted by atomic mass is 16.5. The molecule has 3 nitrogen and oxygen atoms in total. The highest BCUT2D eigenvalue weighted by Crippen LogP contribution is 2.26. The summed E-state index contributed by atoms with van der Waals surface area (Å²) in [5.74, 6) is 0.953. The Morgan fingerprint density at radius 1 is 1.27 bits per heavy atom. The lowest BCUT2D eigenvalue weighted by atomic mass is 10.1. The van der Waals surface area contributed by atoms with Crippen LogP contribution in [-0.4, -0.2) is 12.6 Å². The van der Waals surface area contributed by atoms with E-state index in [9.17, 15) is 4.91 Å². The van der Waals surface area contributed by atoms with Crippen LogP contribution in [-0.2, 0) is 6.42 Å². The van der Waals surface area contributed by atoms with Crippen LogP contribution in [0.2, 0.25) is 0 Å². The third kappa shape index (κ3) is 3.35. The lowest BCUT2D eigenvalue weighted by molar-refractivity contribution is 0.303. The van der Waals surface area contributed by atoms with Crippen molar-refractivity contribution in [2.75, 3.05) is 6.54 Å². The summed E-state index contributed by atoms with van der Waals surface area (Å²) >= 11 is 0. The van der Waals surface area contributed by atoms with Crippen molar-refractivity contribution in [3.63, 3.8) is 0 Å². The molecule has 3 heteroatoms. The molecule has 0 spiro atoms. The third-order valence-electron chi connectivity index (χ3n) is 2.47. The van der Waals surface area contributed by atoms with Gasteiger partial charge in [-0.1, -0.05) is 17.3 Å². The summed E-state index contributed by atoms with van der Waals surface area (Å²) in [6.45, 7) is 0.403. The van der Waals surface area contributed by atoms with Crippen LogP contribution in [0.5, 0.6) is 5.75 Å². The van der Waals surface area contributed by atoms with Crippen molar-refractivity contribution in [3.05, 3.63) is 34.7 Å². The second kappa shape index (κ2) is 4.91. The van der Waals surface area contributed by atoms with Gasteiger partial charge in [-0.3, -0.25) is 0 Å². The minimum absolute atomic E-state index is 0.403. The van der Waals surface area contributed by atoms with E-state index in [1.165, 1.54) is 18.4 Å². The van der Waals surface area contributed by atoms with Crippen LogP contribution in [0.3, 0.4) is 0 Å². The number of benzene rings is 1. The van der Waals surface area contributed by atoms with Crippen molar-refractivity contribution in [1.82, 2.24) is 0 Å². The molecule has 0 radical (unpaired) electrons. The molecule has 0 aliphatic heterocycles. The smallest absolute Gasteiger partial charge is 0.119 e. The Hall–Kier alpha value is -1.38.